The molecule has 0 spiro atoms. The van der Waals surface area contributed by atoms with Crippen LogP contribution in [-0.2, 0) is 9.59 Å². The molecule has 0 aliphatic carbocycles. The molecule has 94 valence electrons. The molecule has 0 saturated carbocycles. The highest BCUT2D eigenvalue weighted by atomic mass is 16.2. The van der Waals surface area contributed by atoms with E-state index in [1.54, 1.807) is 0 Å². The van der Waals surface area contributed by atoms with Crippen LogP contribution >= 0.6 is 0 Å². The molecule has 3 fully saturated rings. The van der Waals surface area contributed by atoms with Gasteiger partial charge in [-0.25, -0.2) is 0 Å². The Kier molecular flexibility index (Phi) is 2.58. The van der Waals surface area contributed by atoms with Crippen LogP contribution in [0.4, 0.5) is 0 Å². The van der Waals surface area contributed by atoms with E-state index in [0.29, 0.717) is 6.04 Å². The van der Waals surface area contributed by atoms with Crippen molar-refractivity contribution in [3.63, 3.8) is 0 Å². The maximum atomic E-state index is 12.0. The van der Waals surface area contributed by atoms with Crippen LogP contribution in [0.25, 0.3) is 0 Å². The van der Waals surface area contributed by atoms with E-state index < -0.39 is 0 Å². The maximum absolute atomic E-state index is 12.0. The zero-order chi connectivity index (χ0) is 12.0. The van der Waals surface area contributed by atoms with Crippen LogP contribution in [-0.4, -0.2) is 59.4 Å². The first-order valence-corrected chi connectivity index (χ1v) is 6.51. The Morgan fingerprint density at radius 3 is 2.82 bits per heavy atom. The number of carbonyl (C=O) groups excluding carboxylic acids is 2. The van der Waals surface area contributed by atoms with Gasteiger partial charge in [0, 0.05) is 18.6 Å². The molecule has 1 N–H and O–H groups in total. The molecule has 3 rings (SSSR count). The van der Waals surface area contributed by atoms with Crippen molar-refractivity contribution in [2.24, 2.45) is 0 Å². The first kappa shape index (κ1) is 11.0. The van der Waals surface area contributed by atoms with Crippen molar-refractivity contribution >= 4 is 11.8 Å². The summed E-state index contributed by atoms with van der Waals surface area (Å²) >= 11 is 0. The average Bonchev–Trinajstić information content (AvgIpc) is 2.88. The number of hydrogen-bond acceptors (Lipinski definition) is 3. The lowest BCUT2D eigenvalue weighted by atomic mass is 10.0. The molecule has 3 unspecified atom stereocenters. The Morgan fingerprint density at radius 1 is 1.18 bits per heavy atom. The van der Waals surface area contributed by atoms with Crippen molar-refractivity contribution < 1.29 is 9.59 Å². The number of hydrogen-bond donors (Lipinski definition) is 1. The van der Waals surface area contributed by atoms with Crippen LogP contribution in [0.1, 0.15) is 26.2 Å². The summed E-state index contributed by atoms with van der Waals surface area (Å²) in [5, 5.41) is 2.65. The lowest BCUT2D eigenvalue weighted by Gasteiger charge is -2.39. The van der Waals surface area contributed by atoms with Gasteiger partial charge >= 0.3 is 0 Å². The van der Waals surface area contributed by atoms with Gasteiger partial charge in [-0.2, -0.15) is 0 Å². The molecule has 0 aromatic carbocycles. The summed E-state index contributed by atoms with van der Waals surface area (Å²) in [6.45, 7) is 4.24. The fraction of sp³-hybridized carbons (Fsp3) is 0.833. The van der Waals surface area contributed by atoms with Crippen LogP contribution in [0.3, 0.4) is 0 Å². The van der Waals surface area contributed by atoms with E-state index >= 15 is 0 Å². The Labute approximate surface area is 101 Å². The molecule has 3 aliphatic heterocycles. The van der Waals surface area contributed by atoms with E-state index in [-0.39, 0.29) is 30.4 Å². The minimum Gasteiger partial charge on any atom is -0.345 e. The smallest absolute Gasteiger partial charge is 0.242 e. The summed E-state index contributed by atoms with van der Waals surface area (Å²) in [5.74, 6) is 0.0666. The number of piperazine rings is 1. The van der Waals surface area contributed by atoms with Gasteiger partial charge in [0.05, 0.1) is 6.54 Å². The molecule has 0 radical (unpaired) electrons. The van der Waals surface area contributed by atoms with Crippen LogP contribution in [0, 0.1) is 0 Å². The highest BCUT2D eigenvalue weighted by molar-refractivity contribution is 5.94. The fourth-order valence-corrected chi connectivity index (χ4v) is 3.60. The van der Waals surface area contributed by atoms with Crippen LogP contribution < -0.4 is 5.32 Å². The van der Waals surface area contributed by atoms with Crippen molar-refractivity contribution in [1.29, 1.82) is 0 Å². The number of rotatable bonds is 1. The molecular weight excluding hydrogens is 218 g/mol. The first-order chi connectivity index (χ1) is 8.18. The van der Waals surface area contributed by atoms with Crippen LogP contribution in [0.2, 0.25) is 0 Å². The van der Waals surface area contributed by atoms with E-state index in [2.05, 4.69) is 10.2 Å². The van der Waals surface area contributed by atoms with Gasteiger partial charge in [-0.3, -0.25) is 14.5 Å². The summed E-state index contributed by atoms with van der Waals surface area (Å²) in [6.07, 6.45) is 3.42. The lowest BCUT2D eigenvalue weighted by Crippen LogP contribution is -2.62. The SMILES string of the molecule is CC1C(=O)NCC(=O)N1C1CCN2CCCC12. The minimum absolute atomic E-state index is 0.0129. The molecule has 0 aromatic heterocycles. The van der Waals surface area contributed by atoms with Gasteiger partial charge in [0.1, 0.15) is 6.04 Å². The Morgan fingerprint density at radius 2 is 2.00 bits per heavy atom. The quantitative estimate of drug-likeness (QED) is 0.673. The first-order valence-electron chi connectivity index (χ1n) is 6.51. The zero-order valence-corrected chi connectivity index (χ0v) is 10.2. The predicted octanol–water partition coefficient (Wildman–Crippen LogP) is -0.430. The molecule has 3 saturated heterocycles. The van der Waals surface area contributed by atoms with Crippen molar-refractivity contribution in [2.45, 2.75) is 44.3 Å². The second-order valence-corrected chi connectivity index (χ2v) is 5.30. The molecule has 0 bridgehead atoms. The molecule has 5 heteroatoms. The summed E-state index contributed by atoms with van der Waals surface area (Å²) < 4.78 is 0. The third-order valence-electron chi connectivity index (χ3n) is 4.43. The van der Waals surface area contributed by atoms with E-state index in [1.807, 2.05) is 11.8 Å². The second kappa shape index (κ2) is 3.98. The minimum atomic E-state index is -0.304. The van der Waals surface area contributed by atoms with E-state index in [4.69, 9.17) is 0 Å². The fourth-order valence-electron chi connectivity index (χ4n) is 3.60. The predicted molar refractivity (Wildman–Crippen MR) is 62.3 cm³/mol. The van der Waals surface area contributed by atoms with Crippen molar-refractivity contribution in [2.75, 3.05) is 19.6 Å². The van der Waals surface area contributed by atoms with Gasteiger partial charge < -0.3 is 10.2 Å². The summed E-state index contributed by atoms with van der Waals surface area (Å²) in [6, 6.07) is 0.445. The van der Waals surface area contributed by atoms with Crippen molar-refractivity contribution in [3.8, 4) is 0 Å². The van der Waals surface area contributed by atoms with Gasteiger partial charge in [0.2, 0.25) is 11.8 Å². The van der Waals surface area contributed by atoms with Gasteiger partial charge in [-0.15, -0.1) is 0 Å². The van der Waals surface area contributed by atoms with Gasteiger partial charge in [0.15, 0.2) is 0 Å². The molecule has 3 atom stereocenters. The highest BCUT2D eigenvalue weighted by Crippen LogP contribution is 2.32. The zero-order valence-electron chi connectivity index (χ0n) is 10.2. The highest BCUT2D eigenvalue weighted by Gasteiger charge is 2.45. The lowest BCUT2D eigenvalue weighted by molar-refractivity contribution is -0.148. The Bertz CT molecular complexity index is 358. The van der Waals surface area contributed by atoms with Gasteiger partial charge in [-0.1, -0.05) is 0 Å². The summed E-state index contributed by atoms with van der Waals surface area (Å²) in [5.41, 5.74) is 0. The average molecular weight is 237 g/mol. The largest absolute Gasteiger partial charge is 0.345 e. The second-order valence-electron chi connectivity index (χ2n) is 5.30. The number of amides is 2. The molecule has 2 amide bonds. The Balaban J connectivity index is 1.82. The summed E-state index contributed by atoms with van der Waals surface area (Å²) in [7, 11) is 0. The van der Waals surface area contributed by atoms with Crippen LogP contribution in [0.5, 0.6) is 0 Å². The number of nitrogens with zero attached hydrogens (tertiary/aromatic N) is 2. The number of nitrogens with one attached hydrogen (secondary N) is 1. The van der Waals surface area contributed by atoms with Crippen LogP contribution in [0.15, 0.2) is 0 Å². The molecule has 3 heterocycles. The third kappa shape index (κ3) is 1.64. The summed E-state index contributed by atoms with van der Waals surface area (Å²) in [4.78, 5) is 28.0. The van der Waals surface area contributed by atoms with Gasteiger partial charge in [-0.05, 0) is 32.7 Å². The molecule has 0 aromatic rings. The standard InChI is InChI=1S/C12H19N3O2/c1-8-12(17)13-7-11(16)15(8)10-4-6-14-5-2-3-9(10)14/h8-10H,2-7H2,1H3,(H,13,17). The maximum Gasteiger partial charge on any atom is 0.242 e. The van der Waals surface area contributed by atoms with E-state index in [1.165, 1.54) is 12.8 Å². The topological polar surface area (TPSA) is 52.7 Å². The molecular formula is C12H19N3O2. The monoisotopic (exact) mass is 237 g/mol. The molecule has 3 aliphatic rings. The molecule has 17 heavy (non-hydrogen) atoms. The Hall–Kier alpha value is -1.10. The van der Waals surface area contributed by atoms with Crippen molar-refractivity contribution in [3.05, 3.63) is 0 Å². The number of fused-ring (bicyclic) bond motifs is 1. The normalized spacial score (nSPS) is 38.4. The van der Waals surface area contributed by atoms with Crippen molar-refractivity contribution in [1.82, 2.24) is 15.1 Å². The van der Waals surface area contributed by atoms with E-state index in [0.717, 1.165) is 19.5 Å². The van der Waals surface area contributed by atoms with Gasteiger partial charge in [0.25, 0.3) is 0 Å². The van der Waals surface area contributed by atoms with E-state index in [9.17, 15) is 9.59 Å². The third-order valence-corrected chi connectivity index (χ3v) is 4.43. The number of carbonyl (C=O) groups is 2. The molecule has 5 nitrogen and oxygen atoms in total.